The summed E-state index contributed by atoms with van der Waals surface area (Å²) in [6, 6.07) is 6.38. The van der Waals surface area contributed by atoms with Crippen LogP contribution >= 0.6 is 0 Å². The van der Waals surface area contributed by atoms with Gasteiger partial charge in [-0.3, -0.25) is 4.79 Å². The summed E-state index contributed by atoms with van der Waals surface area (Å²) >= 11 is 0. The van der Waals surface area contributed by atoms with Crippen molar-refractivity contribution in [2.24, 2.45) is 0 Å². The Balaban J connectivity index is 2.41. The zero-order valence-electron chi connectivity index (χ0n) is 8.72. The lowest BCUT2D eigenvalue weighted by Gasteiger charge is -2.04. The molecule has 1 aromatic carbocycles. The molecule has 0 bridgehead atoms. The molecule has 0 N–H and O–H groups in total. The molecule has 0 spiro atoms. The molecule has 0 heterocycles. The first kappa shape index (κ1) is 10.1. The normalized spacial score (nSPS) is 15.9. The quantitative estimate of drug-likeness (QED) is 0.722. The molecule has 0 saturated heterocycles. The highest BCUT2D eigenvalue weighted by molar-refractivity contribution is 6.02. The van der Waals surface area contributed by atoms with Crippen LogP contribution < -0.4 is 0 Å². The number of carbonyl (C=O) groups excluding carboxylic acids is 1. The summed E-state index contributed by atoms with van der Waals surface area (Å²) in [7, 11) is 0. The minimum absolute atomic E-state index is 0.145. The average molecular weight is 204 g/mol. The van der Waals surface area contributed by atoms with E-state index in [-0.39, 0.29) is 11.6 Å². The molecule has 1 nitrogen and oxygen atoms in total. The maximum Gasteiger partial charge on any atom is 0.156 e. The van der Waals surface area contributed by atoms with Gasteiger partial charge < -0.3 is 0 Å². The molecule has 0 aromatic heterocycles. The number of Topliss-reactive ketones (excluding diaryl/α,β-unsaturated/α-hetero) is 1. The van der Waals surface area contributed by atoms with Crippen molar-refractivity contribution in [3.63, 3.8) is 0 Å². The van der Waals surface area contributed by atoms with Crippen LogP contribution in [0.25, 0.3) is 5.57 Å². The van der Waals surface area contributed by atoms with Crippen LogP contribution in [0.5, 0.6) is 0 Å². The molecule has 2 heteroatoms. The summed E-state index contributed by atoms with van der Waals surface area (Å²) < 4.78 is 12.7. The molecule has 0 fully saturated rings. The van der Waals surface area contributed by atoms with Crippen LogP contribution in [0, 0.1) is 5.82 Å². The predicted octanol–water partition coefficient (Wildman–Crippen LogP) is 3.35. The first-order chi connectivity index (χ1) is 7.18. The van der Waals surface area contributed by atoms with E-state index in [4.69, 9.17) is 0 Å². The van der Waals surface area contributed by atoms with Crippen molar-refractivity contribution in [2.45, 2.75) is 26.2 Å². The highest BCUT2D eigenvalue weighted by atomic mass is 19.1. The Kier molecular flexibility index (Phi) is 2.67. The lowest BCUT2D eigenvalue weighted by Crippen LogP contribution is -1.95. The number of hydrogen-bond donors (Lipinski definition) is 0. The second-order valence-electron chi connectivity index (χ2n) is 3.87. The lowest BCUT2D eigenvalue weighted by atomic mass is 10.0. The summed E-state index contributed by atoms with van der Waals surface area (Å²) in [5, 5.41) is 0. The fraction of sp³-hybridized carbons (Fsp3) is 0.308. The third-order valence-corrected chi connectivity index (χ3v) is 2.84. The Hall–Kier alpha value is -1.44. The molecule has 0 unspecified atom stereocenters. The van der Waals surface area contributed by atoms with Gasteiger partial charge in [-0.05, 0) is 55.0 Å². The first-order valence-electron chi connectivity index (χ1n) is 5.17. The molecule has 15 heavy (non-hydrogen) atoms. The maximum absolute atomic E-state index is 12.7. The summed E-state index contributed by atoms with van der Waals surface area (Å²) in [6.07, 6.45) is 2.82. The minimum Gasteiger partial charge on any atom is -0.295 e. The van der Waals surface area contributed by atoms with E-state index in [1.54, 1.807) is 19.1 Å². The Morgan fingerprint density at radius 3 is 2.47 bits per heavy atom. The molecular formula is C13H13FO. The second-order valence-corrected chi connectivity index (χ2v) is 3.87. The van der Waals surface area contributed by atoms with Crippen molar-refractivity contribution in [1.29, 1.82) is 0 Å². The van der Waals surface area contributed by atoms with Crippen LogP contribution in [0.3, 0.4) is 0 Å². The first-order valence-corrected chi connectivity index (χ1v) is 5.17. The van der Waals surface area contributed by atoms with Gasteiger partial charge in [-0.1, -0.05) is 12.1 Å². The number of hydrogen-bond acceptors (Lipinski definition) is 1. The van der Waals surface area contributed by atoms with E-state index in [1.807, 2.05) is 0 Å². The minimum atomic E-state index is -0.235. The fourth-order valence-electron chi connectivity index (χ4n) is 2.10. The average Bonchev–Trinajstić information content (AvgIpc) is 2.67. The van der Waals surface area contributed by atoms with Gasteiger partial charge in [-0.15, -0.1) is 0 Å². The highest BCUT2D eigenvalue weighted by Crippen LogP contribution is 2.34. The third-order valence-electron chi connectivity index (χ3n) is 2.84. The Morgan fingerprint density at radius 1 is 1.20 bits per heavy atom. The largest absolute Gasteiger partial charge is 0.295 e. The van der Waals surface area contributed by atoms with E-state index in [0.29, 0.717) is 0 Å². The Morgan fingerprint density at radius 2 is 1.87 bits per heavy atom. The molecule has 1 aromatic rings. The standard InChI is InChI=1S/C13H13FO/c1-9(15)12-3-2-4-13(12)10-5-7-11(14)8-6-10/h5-8H,2-4H2,1H3. The number of rotatable bonds is 2. The number of allylic oxidation sites excluding steroid dienone is 2. The van der Waals surface area contributed by atoms with Crippen LogP contribution in [0.1, 0.15) is 31.7 Å². The summed E-state index contributed by atoms with van der Waals surface area (Å²) in [5.74, 6) is -0.0893. The zero-order valence-corrected chi connectivity index (χ0v) is 8.72. The van der Waals surface area contributed by atoms with E-state index in [2.05, 4.69) is 0 Å². The van der Waals surface area contributed by atoms with Gasteiger partial charge in [0.1, 0.15) is 5.82 Å². The molecule has 1 aliphatic carbocycles. The van der Waals surface area contributed by atoms with Crippen LogP contribution in [0.2, 0.25) is 0 Å². The summed E-state index contributed by atoms with van der Waals surface area (Å²) in [4.78, 5) is 11.4. The van der Waals surface area contributed by atoms with Gasteiger partial charge in [0.25, 0.3) is 0 Å². The fourth-order valence-corrected chi connectivity index (χ4v) is 2.10. The SMILES string of the molecule is CC(=O)C1=C(c2ccc(F)cc2)CCC1. The van der Waals surface area contributed by atoms with E-state index in [9.17, 15) is 9.18 Å². The second kappa shape index (κ2) is 3.97. The lowest BCUT2D eigenvalue weighted by molar-refractivity contribution is -0.113. The van der Waals surface area contributed by atoms with E-state index < -0.39 is 0 Å². The Bertz CT molecular complexity index is 415. The molecule has 2 rings (SSSR count). The molecule has 0 atom stereocenters. The third kappa shape index (κ3) is 1.99. The van der Waals surface area contributed by atoms with Gasteiger partial charge >= 0.3 is 0 Å². The molecule has 1 aliphatic rings. The molecule has 0 aliphatic heterocycles. The molecule has 78 valence electrons. The van der Waals surface area contributed by atoms with Crippen molar-refractivity contribution < 1.29 is 9.18 Å². The number of halogens is 1. The van der Waals surface area contributed by atoms with E-state index >= 15 is 0 Å². The van der Waals surface area contributed by atoms with Crippen molar-refractivity contribution in [1.82, 2.24) is 0 Å². The van der Waals surface area contributed by atoms with Crippen LogP contribution in [0.15, 0.2) is 29.8 Å². The topological polar surface area (TPSA) is 17.1 Å². The van der Waals surface area contributed by atoms with Crippen molar-refractivity contribution in [2.75, 3.05) is 0 Å². The van der Waals surface area contributed by atoms with Crippen LogP contribution in [-0.4, -0.2) is 5.78 Å². The zero-order chi connectivity index (χ0) is 10.8. The smallest absolute Gasteiger partial charge is 0.156 e. The van der Waals surface area contributed by atoms with E-state index in [0.717, 1.165) is 36.0 Å². The molecular weight excluding hydrogens is 191 g/mol. The molecule has 0 saturated carbocycles. The van der Waals surface area contributed by atoms with Gasteiger partial charge in [0, 0.05) is 0 Å². The van der Waals surface area contributed by atoms with Gasteiger partial charge in [0.2, 0.25) is 0 Å². The van der Waals surface area contributed by atoms with Gasteiger partial charge in [0.15, 0.2) is 5.78 Å². The number of ketones is 1. The van der Waals surface area contributed by atoms with Crippen LogP contribution in [0.4, 0.5) is 4.39 Å². The van der Waals surface area contributed by atoms with Crippen molar-refractivity contribution >= 4 is 11.4 Å². The Labute approximate surface area is 88.6 Å². The predicted molar refractivity (Wildman–Crippen MR) is 57.9 cm³/mol. The monoisotopic (exact) mass is 204 g/mol. The highest BCUT2D eigenvalue weighted by Gasteiger charge is 2.18. The molecule has 0 radical (unpaired) electrons. The van der Waals surface area contributed by atoms with Crippen molar-refractivity contribution in [3.8, 4) is 0 Å². The van der Waals surface area contributed by atoms with Gasteiger partial charge in [0.05, 0.1) is 0 Å². The van der Waals surface area contributed by atoms with Crippen LogP contribution in [-0.2, 0) is 4.79 Å². The maximum atomic E-state index is 12.7. The number of benzene rings is 1. The van der Waals surface area contributed by atoms with Crippen molar-refractivity contribution in [3.05, 3.63) is 41.2 Å². The van der Waals surface area contributed by atoms with E-state index in [1.165, 1.54) is 12.1 Å². The number of carbonyl (C=O) groups is 1. The van der Waals surface area contributed by atoms with Gasteiger partial charge in [-0.2, -0.15) is 0 Å². The summed E-state index contributed by atoms with van der Waals surface area (Å²) in [6.45, 7) is 1.60. The molecule has 0 amide bonds. The van der Waals surface area contributed by atoms with Gasteiger partial charge in [-0.25, -0.2) is 4.39 Å². The summed E-state index contributed by atoms with van der Waals surface area (Å²) in [5.41, 5.74) is 3.00.